The molecule has 0 radical (unpaired) electrons. The normalized spacial score (nSPS) is 15.4. The zero-order valence-electron chi connectivity index (χ0n) is 13.9. The largest absolute Gasteiger partial charge is 0.493 e. The third-order valence-electron chi connectivity index (χ3n) is 3.52. The fourth-order valence-corrected chi connectivity index (χ4v) is 2.80. The first-order valence-electron chi connectivity index (χ1n) is 7.94. The lowest BCUT2D eigenvalue weighted by Gasteiger charge is -2.06. The van der Waals surface area contributed by atoms with Crippen molar-refractivity contribution in [3.05, 3.63) is 75.4 Å². The van der Waals surface area contributed by atoms with Crippen LogP contribution in [0.2, 0.25) is 10.0 Å². The van der Waals surface area contributed by atoms with Crippen LogP contribution in [-0.4, -0.2) is 18.5 Å². The lowest BCUT2D eigenvalue weighted by molar-refractivity contribution is -0.129. The molecule has 3 rings (SSSR count). The Hall–Kier alpha value is -2.56. The lowest BCUT2D eigenvalue weighted by atomic mass is 10.1. The summed E-state index contributed by atoms with van der Waals surface area (Å²) >= 11 is 12.0. The van der Waals surface area contributed by atoms with Crippen molar-refractivity contribution in [2.45, 2.75) is 6.92 Å². The van der Waals surface area contributed by atoms with E-state index in [-0.39, 0.29) is 11.6 Å². The van der Waals surface area contributed by atoms with Crippen molar-refractivity contribution in [1.29, 1.82) is 0 Å². The highest BCUT2D eigenvalue weighted by atomic mass is 35.5. The van der Waals surface area contributed by atoms with Crippen LogP contribution in [0.15, 0.2) is 59.2 Å². The standard InChI is InChI=1S/C20H15Cl2NO3/c1-2-25-18-6-4-3-5-14(18)11-17-20(24)26-19(23-17)10-8-13-7-9-15(21)12-16(13)22/h3-12H,2H2,1H3. The Kier molecular flexibility index (Phi) is 5.76. The minimum absolute atomic E-state index is 0.196. The zero-order chi connectivity index (χ0) is 18.5. The maximum Gasteiger partial charge on any atom is 0.363 e. The Balaban J connectivity index is 1.84. The number of carbonyl (C=O) groups is 1. The van der Waals surface area contributed by atoms with E-state index in [9.17, 15) is 4.79 Å². The van der Waals surface area contributed by atoms with Crippen molar-refractivity contribution in [3.8, 4) is 5.75 Å². The third kappa shape index (κ3) is 4.34. The van der Waals surface area contributed by atoms with Gasteiger partial charge < -0.3 is 9.47 Å². The number of cyclic esters (lactones) is 1. The number of aliphatic imine (C=N–C) groups is 1. The van der Waals surface area contributed by atoms with Gasteiger partial charge >= 0.3 is 5.97 Å². The second kappa shape index (κ2) is 8.21. The van der Waals surface area contributed by atoms with E-state index in [4.69, 9.17) is 32.7 Å². The van der Waals surface area contributed by atoms with Gasteiger partial charge in [-0.15, -0.1) is 0 Å². The maximum atomic E-state index is 12.1. The van der Waals surface area contributed by atoms with Crippen LogP contribution < -0.4 is 4.74 Å². The van der Waals surface area contributed by atoms with E-state index in [0.717, 1.165) is 11.1 Å². The number of esters is 1. The quantitative estimate of drug-likeness (QED) is 0.509. The molecule has 0 bridgehead atoms. The first-order valence-corrected chi connectivity index (χ1v) is 8.70. The van der Waals surface area contributed by atoms with Gasteiger partial charge in [0.2, 0.25) is 5.90 Å². The molecule has 0 spiro atoms. The average molecular weight is 388 g/mol. The topological polar surface area (TPSA) is 47.9 Å². The predicted octanol–water partition coefficient (Wildman–Crippen LogP) is 5.40. The predicted molar refractivity (Wildman–Crippen MR) is 105 cm³/mol. The summed E-state index contributed by atoms with van der Waals surface area (Å²) < 4.78 is 10.7. The summed E-state index contributed by atoms with van der Waals surface area (Å²) in [7, 11) is 0. The lowest BCUT2D eigenvalue weighted by Crippen LogP contribution is -2.01. The van der Waals surface area contributed by atoms with E-state index in [2.05, 4.69) is 4.99 Å². The SMILES string of the molecule is CCOc1ccccc1C=C1N=C(C=Cc2ccc(Cl)cc2Cl)OC1=O. The molecule has 0 unspecified atom stereocenters. The molecule has 0 amide bonds. The molecule has 0 atom stereocenters. The molecule has 1 aliphatic rings. The summed E-state index contributed by atoms with van der Waals surface area (Å²) in [6.45, 7) is 2.43. The molecular weight excluding hydrogens is 373 g/mol. The van der Waals surface area contributed by atoms with Gasteiger partial charge in [-0.05, 0) is 42.8 Å². The number of hydrogen-bond acceptors (Lipinski definition) is 4. The average Bonchev–Trinajstić information content (AvgIpc) is 2.96. The van der Waals surface area contributed by atoms with Gasteiger partial charge in [0.1, 0.15) is 5.75 Å². The van der Waals surface area contributed by atoms with E-state index in [0.29, 0.717) is 22.4 Å². The molecule has 1 aliphatic heterocycles. The van der Waals surface area contributed by atoms with Gasteiger partial charge in [0.15, 0.2) is 5.70 Å². The van der Waals surface area contributed by atoms with Gasteiger partial charge in [-0.1, -0.05) is 47.5 Å². The molecule has 26 heavy (non-hydrogen) atoms. The number of ether oxygens (including phenoxy) is 2. The van der Waals surface area contributed by atoms with Crippen LogP contribution in [0.3, 0.4) is 0 Å². The third-order valence-corrected chi connectivity index (χ3v) is 4.08. The molecule has 0 aliphatic carbocycles. The molecular formula is C20H15Cl2NO3. The van der Waals surface area contributed by atoms with Gasteiger partial charge in [-0.25, -0.2) is 9.79 Å². The number of rotatable bonds is 5. The smallest absolute Gasteiger partial charge is 0.363 e. The number of nitrogens with zero attached hydrogens (tertiary/aromatic N) is 1. The van der Waals surface area contributed by atoms with Crippen LogP contribution in [0.5, 0.6) is 5.75 Å². The Morgan fingerprint density at radius 2 is 1.92 bits per heavy atom. The molecule has 2 aromatic carbocycles. The molecule has 0 aromatic heterocycles. The monoisotopic (exact) mass is 387 g/mol. The molecule has 132 valence electrons. The molecule has 1 heterocycles. The molecule has 2 aromatic rings. The van der Waals surface area contributed by atoms with Crippen LogP contribution in [0.1, 0.15) is 18.1 Å². The fourth-order valence-electron chi connectivity index (χ4n) is 2.33. The highest BCUT2D eigenvalue weighted by molar-refractivity contribution is 6.35. The second-order valence-electron chi connectivity index (χ2n) is 5.34. The van der Waals surface area contributed by atoms with E-state index in [1.54, 1.807) is 36.4 Å². The van der Waals surface area contributed by atoms with Crippen molar-refractivity contribution in [2.75, 3.05) is 6.61 Å². The van der Waals surface area contributed by atoms with Crippen LogP contribution >= 0.6 is 23.2 Å². The van der Waals surface area contributed by atoms with Crippen LogP contribution in [0, 0.1) is 0 Å². The molecule has 6 heteroatoms. The fraction of sp³-hybridized carbons (Fsp3) is 0.100. The molecule has 0 fully saturated rings. The Morgan fingerprint density at radius 1 is 1.12 bits per heavy atom. The number of carbonyl (C=O) groups excluding carboxylic acids is 1. The highest BCUT2D eigenvalue weighted by Crippen LogP contribution is 2.25. The first kappa shape index (κ1) is 18.2. The van der Waals surface area contributed by atoms with Crippen LogP contribution in [-0.2, 0) is 9.53 Å². The van der Waals surface area contributed by atoms with Crippen LogP contribution in [0.25, 0.3) is 12.2 Å². The van der Waals surface area contributed by atoms with Crippen molar-refractivity contribution >= 4 is 47.2 Å². The molecule has 0 saturated carbocycles. The van der Waals surface area contributed by atoms with Gasteiger partial charge in [0.25, 0.3) is 0 Å². The van der Waals surface area contributed by atoms with Gasteiger partial charge in [-0.2, -0.15) is 0 Å². The summed E-state index contributed by atoms with van der Waals surface area (Å²) in [4.78, 5) is 16.3. The second-order valence-corrected chi connectivity index (χ2v) is 6.18. The van der Waals surface area contributed by atoms with Crippen molar-refractivity contribution in [1.82, 2.24) is 0 Å². The van der Waals surface area contributed by atoms with Gasteiger partial charge in [-0.3, -0.25) is 0 Å². The molecule has 4 nitrogen and oxygen atoms in total. The Labute approximate surface area is 161 Å². The van der Waals surface area contributed by atoms with Crippen molar-refractivity contribution in [3.63, 3.8) is 0 Å². The summed E-state index contributed by atoms with van der Waals surface area (Å²) in [5.41, 5.74) is 1.71. The van der Waals surface area contributed by atoms with E-state index < -0.39 is 5.97 Å². The zero-order valence-corrected chi connectivity index (χ0v) is 15.4. The summed E-state index contributed by atoms with van der Waals surface area (Å²) in [5.74, 6) is 0.363. The van der Waals surface area contributed by atoms with Crippen LogP contribution in [0.4, 0.5) is 0 Å². The summed E-state index contributed by atoms with van der Waals surface area (Å²) in [5, 5.41) is 1.05. The van der Waals surface area contributed by atoms with E-state index in [1.807, 2.05) is 31.2 Å². The minimum Gasteiger partial charge on any atom is -0.493 e. The van der Waals surface area contributed by atoms with E-state index in [1.165, 1.54) is 0 Å². The van der Waals surface area contributed by atoms with Crippen molar-refractivity contribution < 1.29 is 14.3 Å². The molecule has 0 saturated heterocycles. The number of hydrogen-bond donors (Lipinski definition) is 0. The number of halogens is 2. The van der Waals surface area contributed by atoms with Gasteiger partial charge in [0, 0.05) is 21.7 Å². The highest BCUT2D eigenvalue weighted by Gasteiger charge is 2.21. The Bertz CT molecular complexity index is 932. The maximum absolute atomic E-state index is 12.1. The molecule has 0 N–H and O–H groups in total. The number of benzene rings is 2. The van der Waals surface area contributed by atoms with E-state index >= 15 is 0 Å². The first-order chi connectivity index (χ1) is 12.6. The summed E-state index contributed by atoms with van der Waals surface area (Å²) in [6.07, 6.45) is 4.94. The number of para-hydroxylation sites is 1. The van der Waals surface area contributed by atoms with Crippen molar-refractivity contribution in [2.24, 2.45) is 4.99 Å². The summed E-state index contributed by atoms with van der Waals surface area (Å²) in [6, 6.07) is 12.6. The minimum atomic E-state index is -0.516. The van der Waals surface area contributed by atoms with Gasteiger partial charge in [0.05, 0.1) is 6.61 Å². The Morgan fingerprint density at radius 3 is 2.69 bits per heavy atom.